The van der Waals surface area contributed by atoms with Crippen LogP contribution >= 0.6 is 0 Å². The molecule has 0 bridgehead atoms. The van der Waals surface area contributed by atoms with Crippen LogP contribution in [0.15, 0.2) is 42.5 Å². The number of hydrogen-bond donors (Lipinski definition) is 4. The highest BCUT2D eigenvalue weighted by atomic mass is 16.6. The molecule has 1 aromatic heterocycles. The summed E-state index contributed by atoms with van der Waals surface area (Å²) < 4.78 is 9.96. The van der Waals surface area contributed by atoms with Gasteiger partial charge in [0.15, 0.2) is 0 Å². The Kier molecular flexibility index (Phi) is 8.22. The van der Waals surface area contributed by atoms with E-state index in [0.717, 1.165) is 0 Å². The molecule has 0 saturated heterocycles. The summed E-state index contributed by atoms with van der Waals surface area (Å²) in [5.74, 6) is 0.491. The van der Waals surface area contributed by atoms with Crippen molar-refractivity contribution < 1.29 is 28.9 Å². The number of urea groups is 2. The average Bonchev–Trinajstić information content (AvgIpc) is 2.87. The number of pyridine rings is 1. The third-order valence-electron chi connectivity index (χ3n) is 5.20. The molecule has 0 atom stereocenters. The van der Waals surface area contributed by atoms with Gasteiger partial charge in [0.05, 0.1) is 59.0 Å². The largest absolute Gasteiger partial charge is 0.496 e. The van der Waals surface area contributed by atoms with Crippen LogP contribution < -0.4 is 30.7 Å². The number of nitrogens with zero attached hydrogens (tertiary/aromatic N) is 3. The lowest BCUT2D eigenvalue weighted by atomic mass is 10.2. The van der Waals surface area contributed by atoms with Crippen molar-refractivity contribution in [2.45, 2.75) is 13.8 Å². The number of ether oxygens (including phenoxy) is 2. The number of aryl methyl sites for hydroxylation is 2. The molecule has 38 heavy (non-hydrogen) atoms. The molecule has 0 saturated carbocycles. The lowest BCUT2D eigenvalue weighted by molar-refractivity contribution is -0.384. The Morgan fingerprint density at radius 2 is 1.05 bits per heavy atom. The zero-order chi connectivity index (χ0) is 28.0. The van der Waals surface area contributed by atoms with E-state index >= 15 is 0 Å². The normalized spacial score (nSPS) is 10.2. The molecule has 3 rings (SSSR count). The van der Waals surface area contributed by atoms with E-state index in [-0.39, 0.29) is 45.6 Å². The molecule has 0 aliphatic rings. The van der Waals surface area contributed by atoms with Crippen LogP contribution in [0.1, 0.15) is 11.4 Å². The molecule has 15 heteroatoms. The van der Waals surface area contributed by atoms with Gasteiger partial charge in [0.1, 0.15) is 22.9 Å². The van der Waals surface area contributed by atoms with Crippen LogP contribution in [-0.4, -0.2) is 41.1 Å². The number of anilines is 4. The van der Waals surface area contributed by atoms with Crippen LogP contribution in [0.2, 0.25) is 0 Å². The maximum absolute atomic E-state index is 12.6. The molecule has 198 valence electrons. The summed E-state index contributed by atoms with van der Waals surface area (Å²) >= 11 is 0. The lowest BCUT2D eigenvalue weighted by Crippen LogP contribution is -2.23. The van der Waals surface area contributed by atoms with Gasteiger partial charge in [-0.3, -0.25) is 25.2 Å². The Balaban J connectivity index is 1.77. The highest BCUT2D eigenvalue weighted by Gasteiger charge is 2.20. The van der Waals surface area contributed by atoms with Crippen molar-refractivity contribution in [2.24, 2.45) is 0 Å². The first-order valence-corrected chi connectivity index (χ1v) is 10.8. The minimum absolute atomic E-state index is 0.0650. The van der Waals surface area contributed by atoms with Crippen molar-refractivity contribution in [2.75, 3.05) is 35.5 Å². The highest BCUT2D eigenvalue weighted by molar-refractivity contribution is 6.04. The number of amides is 4. The van der Waals surface area contributed by atoms with Crippen LogP contribution in [0.25, 0.3) is 0 Å². The second-order valence-electron chi connectivity index (χ2n) is 7.69. The molecular formula is C23H23N7O8. The van der Waals surface area contributed by atoms with Gasteiger partial charge in [-0.2, -0.15) is 0 Å². The third-order valence-corrected chi connectivity index (χ3v) is 5.20. The molecule has 0 spiro atoms. The molecule has 0 radical (unpaired) electrons. The van der Waals surface area contributed by atoms with Gasteiger partial charge in [-0.25, -0.2) is 9.59 Å². The lowest BCUT2D eigenvalue weighted by Gasteiger charge is -2.15. The van der Waals surface area contributed by atoms with E-state index in [2.05, 4.69) is 26.3 Å². The van der Waals surface area contributed by atoms with Gasteiger partial charge in [0.2, 0.25) is 0 Å². The second kappa shape index (κ2) is 11.5. The summed E-state index contributed by atoms with van der Waals surface area (Å²) in [6, 6.07) is 7.74. The first kappa shape index (κ1) is 27.1. The number of nitro benzene ring substituents is 2. The number of hydrogen-bond acceptors (Lipinski definition) is 9. The van der Waals surface area contributed by atoms with Crippen molar-refractivity contribution in [3.63, 3.8) is 0 Å². The predicted molar refractivity (Wildman–Crippen MR) is 138 cm³/mol. The van der Waals surface area contributed by atoms with E-state index in [1.54, 1.807) is 13.8 Å². The Morgan fingerprint density at radius 3 is 1.39 bits per heavy atom. The summed E-state index contributed by atoms with van der Waals surface area (Å²) in [7, 11) is 2.71. The summed E-state index contributed by atoms with van der Waals surface area (Å²) in [4.78, 5) is 50.9. The standard InChI is InChI=1S/C23H23N7O8/c1-12-18(27-22(31)25-16-7-5-14(37-3)9-20(16)29(33)34)11-19(13(2)24-12)28-23(32)26-17-8-6-15(38-4)10-21(17)30(35)36/h5-11H,1-4H3,(H2,25,27,31)(H2,26,28,32). The smallest absolute Gasteiger partial charge is 0.323 e. The zero-order valence-corrected chi connectivity index (χ0v) is 20.6. The Labute approximate surface area is 215 Å². The van der Waals surface area contributed by atoms with Crippen molar-refractivity contribution in [3.05, 3.63) is 74.1 Å². The fourth-order valence-corrected chi connectivity index (χ4v) is 3.32. The number of carbonyl (C=O) groups is 2. The van der Waals surface area contributed by atoms with Crippen LogP contribution in [0.3, 0.4) is 0 Å². The molecule has 1 heterocycles. The van der Waals surface area contributed by atoms with Crippen molar-refractivity contribution >= 4 is 46.2 Å². The number of carbonyl (C=O) groups excluding carboxylic acids is 2. The minimum atomic E-state index is -0.795. The number of nitrogens with one attached hydrogen (secondary N) is 4. The number of nitro groups is 2. The third kappa shape index (κ3) is 6.39. The molecule has 0 unspecified atom stereocenters. The number of benzene rings is 2. The highest BCUT2D eigenvalue weighted by Crippen LogP contribution is 2.31. The van der Waals surface area contributed by atoms with Crippen LogP contribution in [0.4, 0.5) is 43.7 Å². The fourth-order valence-electron chi connectivity index (χ4n) is 3.32. The van der Waals surface area contributed by atoms with Crippen LogP contribution in [0.5, 0.6) is 11.5 Å². The van der Waals surface area contributed by atoms with E-state index in [1.807, 2.05) is 0 Å². The quantitative estimate of drug-likeness (QED) is 0.235. The van der Waals surface area contributed by atoms with Gasteiger partial charge >= 0.3 is 12.1 Å². The number of aromatic nitrogens is 1. The van der Waals surface area contributed by atoms with Crippen LogP contribution in [-0.2, 0) is 0 Å². The van der Waals surface area contributed by atoms with Gasteiger partial charge < -0.3 is 30.7 Å². The van der Waals surface area contributed by atoms with E-state index in [4.69, 9.17) is 9.47 Å². The summed E-state index contributed by atoms with van der Waals surface area (Å²) in [6.45, 7) is 3.23. The zero-order valence-electron chi connectivity index (χ0n) is 20.6. The van der Waals surface area contributed by atoms with Gasteiger partial charge in [-0.1, -0.05) is 0 Å². The molecule has 4 N–H and O–H groups in total. The molecule has 2 aromatic carbocycles. The predicted octanol–water partition coefficient (Wildman–Crippen LogP) is 4.82. The van der Waals surface area contributed by atoms with Gasteiger partial charge in [-0.05, 0) is 44.2 Å². The fraction of sp³-hybridized carbons (Fsp3) is 0.174. The Morgan fingerprint density at radius 1 is 0.684 bits per heavy atom. The topological polar surface area (TPSA) is 200 Å². The average molecular weight is 525 g/mol. The second-order valence-corrected chi connectivity index (χ2v) is 7.69. The number of methoxy groups -OCH3 is 2. The van der Waals surface area contributed by atoms with Crippen molar-refractivity contribution in [1.82, 2.24) is 4.98 Å². The molecule has 0 aliphatic heterocycles. The van der Waals surface area contributed by atoms with E-state index < -0.39 is 21.9 Å². The first-order chi connectivity index (χ1) is 18.0. The maximum atomic E-state index is 12.6. The molecule has 4 amide bonds. The van der Waals surface area contributed by atoms with Crippen molar-refractivity contribution in [3.8, 4) is 11.5 Å². The van der Waals surface area contributed by atoms with Crippen LogP contribution in [0, 0.1) is 34.1 Å². The van der Waals surface area contributed by atoms with Gasteiger partial charge in [-0.15, -0.1) is 0 Å². The molecule has 3 aromatic rings. The summed E-state index contributed by atoms with van der Waals surface area (Å²) in [6.07, 6.45) is 0. The van der Waals surface area contributed by atoms with Gasteiger partial charge in [0.25, 0.3) is 11.4 Å². The Hall–Kier alpha value is -5.47. The monoisotopic (exact) mass is 525 g/mol. The van der Waals surface area contributed by atoms with Crippen molar-refractivity contribution in [1.29, 1.82) is 0 Å². The van der Waals surface area contributed by atoms with Gasteiger partial charge in [0, 0.05) is 0 Å². The number of rotatable bonds is 8. The Bertz CT molecular complexity index is 1320. The maximum Gasteiger partial charge on any atom is 0.323 e. The summed E-state index contributed by atoms with van der Waals surface area (Å²) in [5, 5.41) is 32.6. The minimum Gasteiger partial charge on any atom is -0.496 e. The SMILES string of the molecule is COc1ccc(NC(=O)Nc2cc(NC(=O)Nc3ccc(OC)cc3[N+](=O)[O-])c(C)nc2C)c([N+](=O)[O-])c1. The molecular weight excluding hydrogens is 502 g/mol. The summed E-state index contributed by atoms with van der Waals surface area (Å²) in [5.41, 5.74) is 0.340. The first-order valence-electron chi connectivity index (χ1n) is 10.8. The molecule has 15 nitrogen and oxygen atoms in total. The van der Waals surface area contributed by atoms with E-state index in [0.29, 0.717) is 11.4 Å². The van der Waals surface area contributed by atoms with E-state index in [9.17, 15) is 29.8 Å². The molecule has 0 fully saturated rings. The van der Waals surface area contributed by atoms with E-state index in [1.165, 1.54) is 56.7 Å². The molecule has 0 aliphatic carbocycles.